The van der Waals surface area contributed by atoms with Crippen molar-refractivity contribution in [2.75, 3.05) is 11.1 Å². The first-order valence-corrected chi connectivity index (χ1v) is 5.41. The van der Waals surface area contributed by atoms with Crippen LogP contribution in [0.5, 0.6) is 0 Å². The van der Waals surface area contributed by atoms with E-state index in [9.17, 15) is 0 Å². The monoisotopic (exact) mass is 229 g/mol. The van der Waals surface area contributed by atoms with Crippen molar-refractivity contribution in [3.8, 4) is 0 Å². The number of benzene rings is 1. The van der Waals surface area contributed by atoms with E-state index in [0.29, 0.717) is 12.5 Å². The second-order valence-electron chi connectivity index (χ2n) is 3.90. The van der Waals surface area contributed by atoms with Crippen molar-refractivity contribution in [3.05, 3.63) is 41.2 Å². The highest BCUT2D eigenvalue weighted by Crippen LogP contribution is 2.08. The number of nitrogens with two attached hydrogens (primary N) is 1. The number of hydrogen-bond acceptors (Lipinski definition) is 5. The summed E-state index contributed by atoms with van der Waals surface area (Å²) in [6, 6.07) is 7.68. The number of nitrogen functional groups attached to an aromatic ring is 1. The first-order chi connectivity index (χ1) is 8.15. The molecule has 5 nitrogen and oxygen atoms in total. The second-order valence-corrected chi connectivity index (χ2v) is 3.90. The molecule has 88 valence electrons. The Balaban J connectivity index is 2.02. The zero-order valence-corrected chi connectivity index (χ0v) is 9.94. The van der Waals surface area contributed by atoms with Crippen molar-refractivity contribution in [2.24, 2.45) is 0 Å². The topological polar surface area (TPSA) is 76.7 Å². The standard InChI is InChI=1S/C12H15N5/c1-8-9(2)16-17-12(15-8)14-7-10-3-5-11(13)6-4-10/h3-6H,7,13H2,1-2H3,(H,14,15,17). The molecule has 0 spiro atoms. The number of nitrogens with one attached hydrogen (secondary N) is 1. The van der Waals surface area contributed by atoms with Crippen LogP contribution in [0.15, 0.2) is 24.3 Å². The van der Waals surface area contributed by atoms with Gasteiger partial charge in [0.15, 0.2) is 0 Å². The molecule has 2 rings (SSSR count). The van der Waals surface area contributed by atoms with Crippen molar-refractivity contribution in [3.63, 3.8) is 0 Å². The Bertz CT molecular complexity index is 507. The van der Waals surface area contributed by atoms with Crippen LogP contribution in [-0.4, -0.2) is 15.2 Å². The number of nitrogens with zero attached hydrogens (tertiary/aromatic N) is 3. The highest BCUT2D eigenvalue weighted by Gasteiger charge is 2.00. The van der Waals surface area contributed by atoms with Gasteiger partial charge in [0.25, 0.3) is 0 Å². The lowest BCUT2D eigenvalue weighted by molar-refractivity contribution is 0.885. The Morgan fingerprint density at radius 1 is 1.06 bits per heavy atom. The van der Waals surface area contributed by atoms with E-state index in [4.69, 9.17) is 5.73 Å². The molecule has 1 aromatic carbocycles. The third kappa shape index (κ3) is 2.90. The molecule has 0 fully saturated rings. The van der Waals surface area contributed by atoms with Gasteiger partial charge in [0.1, 0.15) is 0 Å². The van der Waals surface area contributed by atoms with Gasteiger partial charge in [-0.3, -0.25) is 0 Å². The minimum Gasteiger partial charge on any atom is -0.399 e. The van der Waals surface area contributed by atoms with Gasteiger partial charge >= 0.3 is 0 Å². The molecule has 0 aliphatic carbocycles. The number of anilines is 2. The molecule has 0 aliphatic rings. The largest absolute Gasteiger partial charge is 0.399 e. The maximum Gasteiger partial charge on any atom is 0.243 e. The summed E-state index contributed by atoms with van der Waals surface area (Å²) in [7, 11) is 0. The van der Waals surface area contributed by atoms with Crippen LogP contribution in [-0.2, 0) is 6.54 Å². The van der Waals surface area contributed by atoms with Crippen LogP contribution >= 0.6 is 0 Å². The van der Waals surface area contributed by atoms with Gasteiger partial charge in [-0.15, -0.1) is 5.10 Å². The van der Waals surface area contributed by atoms with Gasteiger partial charge in [-0.05, 0) is 31.5 Å². The third-order valence-corrected chi connectivity index (χ3v) is 2.52. The van der Waals surface area contributed by atoms with E-state index in [1.165, 1.54) is 0 Å². The molecular formula is C12H15N5. The van der Waals surface area contributed by atoms with Crippen molar-refractivity contribution >= 4 is 11.6 Å². The molecule has 0 amide bonds. The fourth-order valence-corrected chi connectivity index (χ4v) is 1.35. The molecule has 0 atom stereocenters. The maximum absolute atomic E-state index is 5.62. The summed E-state index contributed by atoms with van der Waals surface area (Å²) in [5.41, 5.74) is 9.24. The Labute approximate surface area is 100 Å². The fraction of sp³-hybridized carbons (Fsp3) is 0.250. The van der Waals surface area contributed by atoms with Crippen LogP contribution in [0.25, 0.3) is 0 Å². The van der Waals surface area contributed by atoms with Gasteiger partial charge < -0.3 is 11.1 Å². The SMILES string of the molecule is Cc1nnc(NCc2ccc(N)cc2)nc1C. The minimum absolute atomic E-state index is 0.546. The van der Waals surface area contributed by atoms with Crippen LogP contribution in [0, 0.1) is 13.8 Å². The first kappa shape index (κ1) is 11.3. The predicted molar refractivity (Wildman–Crippen MR) is 67.5 cm³/mol. The molecule has 3 N–H and O–H groups in total. The zero-order valence-electron chi connectivity index (χ0n) is 9.94. The molecule has 0 unspecified atom stereocenters. The first-order valence-electron chi connectivity index (χ1n) is 5.41. The van der Waals surface area contributed by atoms with Gasteiger partial charge in [-0.25, -0.2) is 4.98 Å². The maximum atomic E-state index is 5.62. The van der Waals surface area contributed by atoms with Crippen LogP contribution < -0.4 is 11.1 Å². The van der Waals surface area contributed by atoms with Crippen LogP contribution in [0.2, 0.25) is 0 Å². The fourth-order valence-electron chi connectivity index (χ4n) is 1.35. The van der Waals surface area contributed by atoms with E-state index in [2.05, 4.69) is 20.5 Å². The molecule has 5 heteroatoms. The van der Waals surface area contributed by atoms with Crippen molar-refractivity contribution in [1.82, 2.24) is 15.2 Å². The lowest BCUT2D eigenvalue weighted by Gasteiger charge is -2.05. The summed E-state index contributed by atoms with van der Waals surface area (Å²) < 4.78 is 0. The summed E-state index contributed by atoms with van der Waals surface area (Å²) in [5, 5.41) is 11.1. The van der Waals surface area contributed by atoms with E-state index in [1.54, 1.807) is 0 Å². The highest BCUT2D eigenvalue weighted by molar-refractivity contribution is 5.40. The van der Waals surface area contributed by atoms with E-state index in [-0.39, 0.29) is 0 Å². The molecular weight excluding hydrogens is 214 g/mol. The van der Waals surface area contributed by atoms with Gasteiger partial charge in [0.05, 0.1) is 11.4 Å². The van der Waals surface area contributed by atoms with Crippen molar-refractivity contribution < 1.29 is 0 Å². The second kappa shape index (κ2) is 4.78. The molecule has 0 radical (unpaired) electrons. The van der Waals surface area contributed by atoms with E-state index < -0.39 is 0 Å². The van der Waals surface area contributed by atoms with E-state index >= 15 is 0 Å². The van der Waals surface area contributed by atoms with Crippen LogP contribution in [0.4, 0.5) is 11.6 Å². The summed E-state index contributed by atoms with van der Waals surface area (Å²) in [4.78, 5) is 4.30. The Morgan fingerprint density at radius 3 is 2.41 bits per heavy atom. The summed E-state index contributed by atoms with van der Waals surface area (Å²) in [5.74, 6) is 0.546. The Kier molecular flexibility index (Phi) is 3.18. The zero-order chi connectivity index (χ0) is 12.3. The number of aromatic nitrogens is 3. The quantitative estimate of drug-likeness (QED) is 0.783. The van der Waals surface area contributed by atoms with E-state index in [0.717, 1.165) is 22.6 Å². The van der Waals surface area contributed by atoms with Crippen LogP contribution in [0.3, 0.4) is 0 Å². The molecule has 0 saturated carbocycles. The number of hydrogen-bond donors (Lipinski definition) is 2. The summed E-state index contributed by atoms with van der Waals surface area (Å²) in [6.45, 7) is 4.46. The van der Waals surface area contributed by atoms with Crippen molar-refractivity contribution in [2.45, 2.75) is 20.4 Å². The smallest absolute Gasteiger partial charge is 0.243 e. The molecule has 2 aromatic rings. The van der Waals surface area contributed by atoms with Gasteiger partial charge in [0.2, 0.25) is 5.95 Å². The molecule has 17 heavy (non-hydrogen) atoms. The Morgan fingerprint density at radius 2 is 1.76 bits per heavy atom. The van der Waals surface area contributed by atoms with Gasteiger partial charge in [0, 0.05) is 12.2 Å². The third-order valence-electron chi connectivity index (χ3n) is 2.52. The molecule has 1 heterocycles. The van der Waals surface area contributed by atoms with Crippen LogP contribution in [0.1, 0.15) is 17.0 Å². The van der Waals surface area contributed by atoms with Crippen molar-refractivity contribution in [1.29, 1.82) is 0 Å². The normalized spacial score (nSPS) is 10.2. The Hall–Kier alpha value is -2.17. The molecule has 0 aliphatic heterocycles. The molecule has 0 saturated heterocycles. The molecule has 0 bridgehead atoms. The van der Waals surface area contributed by atoms with Gasteiger partial charge in [-0.1, -0.05) is 12.1 Å². The average Bonchev–Trinajstić information content (AvgIpc) is 2.33. The average molecular weight is 229 g/mol. The van der Waals surface area contributed by atoms with Gasteiger partial charge in [-0.2, -0.15) is 5.10 Å². The molecule has 1 aromatic heterocycles. The predicted octanol–water partition coefficient (Wildman–Crippen LogP) is 1.68. The lowest BCUT2D eigenvalue weighted by atomic mass is 10.2. The number of aryl methyl sites for hydroxylation is 2. The van der Waals surface area contributed by atoms with E-state index in [1.807, 2.05) is 38.1 Å². The number of rotatable bonds is 3. The lowest BCUT2D eigenvalue weighted by Crippen LogP contribution is -2.07. The highest BCUT2D eigenvalue weighted by atomic mass is 15.2. The summed E-state index contributed by atoms with van der Waals surface area (Å²) in [6.07, 6.45) is 0. The summed E-state index contributed by atoms with van der Waals surface area (Å²) >= 11 is 0. The minimum atomic E-state index is 0.546.